The normalized spacial score (nSPS) is 18.9. The molecule has 42 heavy (non-hydrogen) atoms. The molecule has 11 heteroatoms. The standard InChI is InChI=1S/C31H30N2O8S/c1-6-12-40-22-11-8-18(15-23(22)39-7-2)25-24(26(34)19-9-10-21-20(14-19)13-16(3)41-21)27(35)29(36)33(25)31-32-17(4)28(42-31)30(37)38-5/h6,8-11,14-16,25,34H,1,7,12-13H2,2-5H3/b26-24+/t16-,25-/m0/s1. The molecule has 2 aliphatic rings. The summed E-state index contributed by atoms with van der Waals surface area (Å²) < 4.78 is 22.2. The lowest BCUT2D eigenvalue weighted by Crippen LogP contribution is -2.29. The van der Waals surface area contributed by atoms with E-state index in [1.54, 1.807) is 49.4 Å². The van der Waals surface area contributed by atoms with Crippen molar-refractivity contribution in [3.05, 3.63) is 81.9 Å². The summed E-state index contributed by atoms with van der Waals surface area (Å²) in [4.78, 5) is 45.5. The maximum Gasteiger partial charge on any atom is 0.350 e. The summed E-state index contributed by atoms with van der Waals surface area (Å²) in [5, 5.41) is 11.7. The van der Waals surface area contributed by atoms with Gasteiger partial charge < -0.3 is 24.1 Å². The first-order valence-electron chi connectivity index (χ1n) is 13.4. The lowest BCUT2D eigenvalue weighted by molar-refractivity contribution is -0.132. The molecule has 2 atom stereocenters. The second-order valence-electron chi connectivity index (χ2n) is 9.77. The third-order valence-corrected chi connectivity index (χ3v) is 8.05. The number of hydrogen-bond acceptors (Lipinski definition) is 10. The molecule has 0 spiro atoms. The number of carbonyl (C=O) groups is 3. The summed E-state index contributed by atoms with van der Waals surface area (Å²) in [7, 11) is 1.25. The molecular weight excluding hydrogens is 560 g/mol. The minimum absolute atomic E-state index is 0.0149. The Morgan fingerprint density at radius 3 is 2.71 bits per heavy atom. The fourth-order valence-electron chi connectivity index (χ4n) is 5.07. The summed E-state index contributed by atoms with van der Waals surface area (Å²) in [5.41, 5.74) is 1.95. The van der Waals surface area contributed by atoms with E-state index < -0.39 is 23.7 Å². The summed E-state index contributed by atoms with van der Waals surface area (Å²) in [6.07, 6.45) is 2.23. The van der Waals surface area contributed by atoms with Crippen LogP contribution in [-0.2, 0) is 20.7 Å². The molecular formula is C31H30N2O8S. The summed E-state index contributed by atoms with van der Waals surface area (Å²) in [6.45, 7) is 9.63. The van der Waals surface area contributed by atoms with Gasteiger partial charge in [-0.2, -0.15) is 0 Å². The smallest absolute Gasteiger partial charge is 0.350 e. The number of rotatable bonds is 9. The molecule has 0 saturated carbocycles. The first kappa shape index (κ1) is 28.9. The molecule has 5 rings (SSSR count). The summed E-state index contributed by atoms with van der Waals surface area (Å²) in [6, 6.07) is 9.10. The average Bonchev–Trinajstić information content (AvgIpc) is 3.63. The molecule has 2 aliphatic heterocycles. The number of aryl methyl sites for hydroxylation is 1. The van der Waals surface area contributed by atoms with Crippen LogP contribution in [0.4, 0.5) is 5.13 Å². The van der Waals surface area contributed by atoms with Crippen LogP contribution in [0.2, 0.25) is 0 Å². The van der Waals surface area contributed by atoms with Crippen molar-refractivity contribution >= 4 is 39.9 Å². The maximum absolute atomic E-state index is 13.7. The number of thiazole rings is 1. The van der Waals surface area contributed by atoms with Gasteiger partial charge >= 0.3 is 11.9 Å². The number of aromatic nitrogens is 1. The molecule has 3 heterocycles. The molecule has 3 aromatic rings. The molecule has 1 aromatic heterocycles. The number of ether oxygens (including phenoxy) is 4. The third kappa shape index (κ3) is 5.11. The maximum atomic E-state index is 13.7. The Morgan fingerprint density at radius 2 is 2.00 bits per heavy atom. The van der Waals surface area contributed by atoms with Gasteiger partial charge in [0.25, 0.3) is 5.78 Å². The van der Waals surface area contributed by atoms with Crippen molar-refractivity contribution < 1.29 is 38.4 Å². The van der Waals surface area contributed by atoms with Crippen LogP contribution in [0, 0.1) is 6.92 Å². The van der Waals surface area contributed by atoms with Crippen molar-refractivity contribution in [2.75, 3.05) is 25.2 Å². The van der Waals surface area contributed by atoms with Gasteiger partial charge in [0.05, 0.1) is 31.0 Å². The van der Waals surface area contributed by atoms with Crippen molar-refractivity contribution in [1.29, 1.82) is 0 Å². The van der Waals surface area contributed by atoms with Crippen LogP contribution in [0.15, 0.2) is 54.6 Å². The Morgan fingerprint density at radius 1 is 1.21 bits per heavy atom. The Kier molecular flexibility index (Phi) is 8.04. The van der Waals surface area contributed by atoms with Crippen molar-refractivity contribution in [1.82, 2.24) is 4.98 Å². The molecule has 0 radical (unpaired) electrons. The lowest BCUT2D eigenvalue weighted by atomic mass is 9.94. The molecule has 1 fully saturated rings. The zero-order chi connectivity index (χ0) is 30.1. The van der Waals surface area contributed by atoms with E-state index in [-0.39, 0.29) is 34.1 Å². The molecule has 0 aliphatic carbocycles. The lowest BCUT2D eigenvalue weighted by Gasteiger charge is -2.24. The zero-order valence-corrected chi connectivity index (χ0v) is 24.4. The number of carbonyl (C=O) groups excluding carboxylic acids is 3. The largest absolute Gasteiger partial charge is 0.507 e. The van der Waals surface area contributed by atoms with Gasteiger partial charge in [-0.1, -0.05) is 30.1 Å². The number of aliphatic hydroxyl groups excluding tert-OH is 1. The predicted octanol–water partition coefficient (Wildman–Crippen LogP) is 5.15. The highest BCUT2D eigenvalue weighted by Crippen LogP contribution is 2.46. The molecule has 1 N–H and O–H groups in total. The Hall–Kier alpha value is -4.64. The number of anilines is 1. The molecule has 0 bridgehead atoms. The zero-order valence-electron chi connectivity index (χ0n) is 23.6. The Balaban J connectivity index is 1.70. The van der Waals surface area contributed by atoms with Gasteiger partial charge in [0.15, 0.2) is 16.6 Å². The van der Waals surface area contributed by atoms with Gasteiger partial charge in [0, 0.05) is 12.0 Å². The molecule has 2 aromatic carbocycles. The number of fused-ring (bicyclic) bond motifs is 1. The second kappa shape index (κ2) is 11.7. The minimum atomic E-state index is -1.09. The first-order valence-corrected chi connectivity index (χ1v) is 14.2. The first-order chi connectivity index (χ1) is 20.2. The number of Topliss-reactive ketones (excluding diaryl/α,β-unsaturated/α-hetero) is 1. The number of nitrogens with zero attached hydrogens (tertiary/aromatic N) is 2. The van der Waals surface area contributed by atoms with Crippen LogP contribution in [0.25, 0.3) is 5.76 Å². The SMILES string of the molecule is C=CCOc1ccc([C@H]2/C(=C(\O)c3ccc4c(c3)C[C@H](C)O4)C(=O)C(=O)N2c2nc(C)c(C(=O)OC)s2)cc1OCC. The van der Waals surface area contributed by atoms with Crippen LogP contribution < -0.4 is 19.1 Å². The van der Waals surface area contributed by atoms with Crippen molar-refractivity contribution in [2.45, 2.75) is 39.3 Å². The van der Waals surface area contributed by atoms with Crippen LogP contribution in [-0.4, -0.2) is 54.2 Å². The topological polar surface area (TPSA) is 124 Å². The summed E-state index contributed by atoms with van der Waals surface area (Å²) in [5.74, 6) is -1.19. The van der Waals surface area contributed by atoms with E-state index in [2.05, 4.69) is 11.6 Å². The molecule has 1 saturated heterocycles. The number of benzene rings is 2. The number of hydrogen-bond donors (Lipinski definition) is 1. The van der Waals surface area contributed by atoms with E-state index in [1.165, 1.54) is 12.0 Å². The third-order valence-electron chi connectivity index (χ3n) is 6.92. The number of amides is 1. The molecule has 10 nitrogen and oxygen atoms in total. The highest BCUT2D eigenvalue weighted by molar-refractivity contribution is 7.17. The molecule has 218 valence electrons. The van der Waals surface area contributed by atoms with Gasteiger partial charge in [-0.05, 0) is 62.2 Å². The van der Waals surface area contributed by atoms with Gasteiger partial charge in [0.1, 0.15) is 29.1 Å². The number of esters is 1. The Bertz CT molecular complexity index is 1620. The van der Waals surface area contributed by atoms with Crippen LogP contribution in [0.3, 0.4) is 0 Å². The quantitative estimate of drug-likeness (QED) is 0.118. The van der Waals surface area contributed by atoms with E-state index in [1.807, 2.05) is 13.8 Å². The van der Waals surface area contributed by atoms with E-state index in [9.17, 15) is 19.5 Å². The van der Waals surface area contributed by atoms with Crippen molar-refractivity contribution in [2.24, 2.45) is 0 Å². The highest BCUT2D eigenvalue weighted by atomic mass is 32.1. The van der Waals surface area contributed by atoms with E-state index >= 15 is 0 Å². The Labute approximate surface area is 246 Å². The number of aliphatic hydroxyl groups is 1. The van der Waals surface area contributed by atoms with E-state index in [4.69, 9.17) is 18.9 Å². The van der Waals surface area contributed by atoms with Crippen LogP contribution in [0.1, 0.15) is 51.9 Å². The monoisotopic (exact) mass is 590 g/mol. The molecule has 1 amide bonds. The fourth-order valence-corrected chi connectivity index (χ4v) is 6.08. The van der Waals surface area contributed by atoms with E-state index in [0.29, 0.717) is 47.1 Å². The predicted molar refractivity (Wildman–Crippen MR) is 157 cm³/mol. The minimum Gasteiger partial charge on any atom is -0.507 e. The van der Waals surface area contributed by atoms with Crippen molar-refractivity contribution in [3.8, 4) is 17.2 Å². The summed E-state index contributed by atoms with van der Waals surface area (Å²) >= 11 is 0.928. The molecule has 0 unspecified atom stereocenters. The van der Waals surface area contributed by atoms with Gasteiger partial charge in [-0.15, -0.1) is 0 Å². The average molecular weight is 591 g/mol. The van der Waals surface area contributed by atoms with Gasteiger partial charge in [0.2, 0.25) is 0 Å². The van der Waals surface area contributed by atoms with Crippen molar-refractivity contribution in [3.63, 3.8) is 0 Å². The van der Waals surface area contributed by atoms with Crippen LogP contribution in [0.5, 0.6) is 17.2 Å². The fraction of sp³-hybridized carbons (Fsp3) is 0.290. The highest BCUT2D eigenvalue weighted by Gasteiger charge is 2.48. The number of ketones is 1. The second-order valence-corrected chi connectivity index (χ2v) is 10.7. The number of methoxy groups -OCH3 is 1. The van der Waals surface area contributed by atoms with E-state index in [0.717, 1.165) is 16.9 Å². The van der Waals surface area contributed by atoms with Gasteiger partial charge in [-0.3, -0.25) is 14.5 Å². The van der Waals surface area contributed by atoms with Crippen LogP contribution >= 0.6 is 11.3 Å². The van der Waals surface area contributed by atoms with Gasteiger partial charge in [-0.25, -0.2) is 9.78 Å².